The lowest BCUT2D eigenvalue weighted by molar-refractivity contribution is 0.244. The van der Waals surface area contributed by atoms with Gasteiger partial charge in [-0.15, -0.1) is 0 Å². The van der Waals surface area contributed by atoms with E-state index in [9.17, 15) is 0 Å². The van der Waals surface area contributed by atoms with Gasteiger partial charge in [-0.2, -0.15) is 0 Å². The van der Waals surface area contributed by atoms with Gasteiger partial charge in [0, 0.05) is 6.61 Å². The van der Waals surface area contributed by atoms with Crippen LogP contribution in [0.4, 0.5) is 0 Å². The number of aliphatic hydroxyl groups is 1. The highest BCUT2D eigenvalue weighted by Gasteiger charge is 2.34. The van der Waals surface area contributed by atoms with Crippen LogP contribution < -0.4 is 0 Å². The SMILES string of the molecule is C[SiH2]OCC[C@@H]1C[C@H]1C/C=C\C=C\C(C)O. The molecule has 1 N–H and O–H groups in total. The van der Waals surface area contributed by atoms with Gasteiger partial charge in [-0.3, -0.25) is 0 Å². The van der Waals surface area contributed by atoms with Gasteiger partial charge in [-0.05, 0) is 38.0 Å². The van der Waals surface area contributed by atoms with Crippen molar-refractivity contribution < 1.29 is 9.53 Å². The molecule has 0 radical (unpaired) electrons. The van der Waals surface area contributed by atoms with Crippen LogP contribution in [-0.4, -0.2) is 27.6 Å². The average Bonchev–Trinajstić information content (AvgIpc) is 2.96. The highest BCUT2D eigenvalue weighted by Crippen LogP contribution is 2.43. The van der Waals surface area contributed by atoms with Crippen LogP contribution in [0.1, 0.15) is 26.2 Å². The monoisotopic (exact) mass is 240 g/mol. The molecule has 0 saturated heterocycles. The maximum absolute atomic E-state index is 9.00. The Morgan fingerprint density at radius 3 is 2.94 bits per heavy atom. The molecule has 1 unspecified atom stereocenters. The Balaban J connectivity index is 2.00. The molecule has 1 aliphatic rings. The van der Waals surface area contributed by atoms with E-state index in [1.165, 1.54) is 19.3 Å². The molecule has 1 saturated carbocycles. The molecule has 92 valence electrons. The number of aliphatic hydroxyl groups excluding tert-OH is 1. The number of allylic oxidation sites excluding steroid dienone is 3. The molecule has 0 aromatic carbocycles. The first kappa shape index (κ1) is 13.7. The summed E-state index contributed by atoms with van der Waals surface area (Å²) in [6.07, 6.45) is 11.4. The Hall–Kier alpha value is -0.383. The van der Waals surface area contributed by atoms with Crippen molar-refractivity contribution in [2.75, 3.05) is 6.61 Å². The standard InChI is InChI=1S/C13H24O2Si/c1-11(14)6-4-3-5-7-12-10-13(12)8-9-15-16-2/h3-6,11-14H,7-10,16H2,1-2H3/b5-3-,6-4+/t11?,12-,13-/m1/s1. The van der Waals surface area contributed by atoms with Crippen LogP contribution in [-0.2, 0) is 4.43 Å². The molecule has 0 aromatic rings. The minimum atomic E-state index is -0.339. The first-order valence-corrected chi connectivity index (χ1v) is 8.32. The van der Waals surface area contributed by atoms with Crippen LogP contribution in [0.15, 0.2) is 24.3 Å². The van der Waals surface area contributed by atoms with E-state index in [2.05, 4.69) is 12.6 Å². The predicted molar refractivity (Wildman–Crippen MR) is 71.2 cm³/mol. The van der Waals surface area contributed by atoms with E-state index >= 15 is 0 Å². The van der Waals surface area contributed by atoms with Gasteiger partial charge in [0.25, 0.3) is 0 Å². The van der Waals surface area contributed by atoms with Gasteiger partial charge in [0.1, 0.15) is 0 Å². The van der Waals surface area contributed by atoms with Gasteiger partial charge in [0.15, 0.2) is 9.76 Å². The molecular weight excluding hydrogens is 216 g/mol. The number of hydrogen-bond donors (Lipinski definition) is 1. The van der Waals surface area contributed by atoms with Crippen LogP contribution in [0.25, 0.3) is 0 Å². The van der Waals surface area contributed by atoms with E-state index in [0.717, 1.165) is 18.4 Å². The molecule has 0 heterocycles. The lowest BCUT2D eigenvalue weighted by Crippen LogP contribution is -1.97. The van der Waals surface area contributed by atoms with Gasteiger partial charge in [-0.25, -0.2) is 0 Å². The Bertz CT molecular complexity index is 236. The van der Waals surface area contributed by atoms with Gasteiger partial charge < -0.3 is 9.53 Å². The fraction of sp³-hybridized carbons (Fsp3) is 0.692. The van der Waals surface area contributed by atoms with Gasteiger partial charge >= 0.3 is 0 Å². The van der Waals surface area contributed by atoms with E-state index in [1.807, 2.05) is 12.2 Å². The van der Waals surface area contributed by atoms with E-state index in [0.29, 0.717) is 0 Å². The lowest BCUT2D eigenvalue weighted by atomic mass is 10.2. The Labute approximate surface area is 101 Å². The van der Waals surface area contributed by atoms with Crippen molar-refractivity contribution in [1.82, 2.24) is 0 Å². The summed E-state index contributed by atoms with van der Waals surface area (Å²) >= 11 is 0. The van der Waals surface area contributed by atoms with Crippen LogP contribution in [0.3, 0.4) is 0 Å². The molecule has 0 amide bonds. The maximum Gasteiger partial charge on any atom is 0.158 e. The fourth-order valence-electron chi connectivity index (χ4n) is 1.89. The summed E-state index contributed by atoms with van der Waals surface area (Å²) in [7, 11) is -0.196. The normalized spacial score (nSPS) is 27.4. The Kier molecular flexibility index (Phi) is 6.69. The Morgan fingerprint density at radius 2 is 2.25 bits per heavy atom. The third kappa shape index (κ3) is 6.25. The molecule has 0 bridgehead atoms. The highest BCUT2D eigenvalue weighted by atomic mass is 28.2. The van der Waals surface area contributed by atoms with Gasteiger partial charge in [-0.1, -0.05) is 30.9 Å². The summed E-state index contributed by atoms with van der Waals surface area (Å²) in [4.78, 5) is 0. The smallest absolute Gasteiger partial charge is 0.158 e. The van der Waals surface area contributed by atoms with Gasteiger partial charge in [0.05, 0.1) is 6.10 Å². The minimum Gasteiger partial charge on any atom is -0.424 e. The predicted octanol–water partition coefficient (Wildman–Crippen LogP) is 2.04. The maximum atomic E-state index is 9.00. The Morgan fingerprint density at radius 1 is 1.44 bits per heavy atom. The number of rotatable bonds is 8. The molecule has 2 nitrogen and oxygen atoms in total. The van der Waals surface area contributed by atoms with Crippen molar-refractivity contribution in [1.29, 1.82) is 0 Å². The number of hydrogen-bond acceptors (Lipinski definition) is 2. The van der Waals surface area contributed by atoms with E-state index in [4.69, 9.17) is 9.53 Å². The molecule has 0 aromatic heterocycles. The third-order valence-electron chi connectivity index (χ3n) is 2.98. The van der Waals surface area contributed by atoms with Crippen LogP contribution in [0.5, 0.6) is 0 Å². The lowest BCUT2D eigenvalue weighted by Gasteiger charge is -1.99. The van der Waals surface area contributed by atoms with Crippen molar-refractivity contribution in [3.05, 3.63) is 24.3 Å². The molecule has 0 spiro atoms. The first-order valence-electron chi connectivity index (χ1n) is 6.33. The van der Waals surface area contributed by atoms with Gasteiger partial charge in [0.2, 0.25) is 0 Å². The van der Waals surface area contributed by atoms with Crippen LogP contribution in [0.2, 0.25) is 6.55 Å². The second-order valence-corrected chi connectivity index (χ2v) is 5.52. The van der Waals surface area contributed by atoms with Crippen LogP contribution >= 0.6 is 0 Å². The summed E-state index contributed by atoms with van der Waals surface area (Å²) in [5.74, 6) is 1.80. The third-order valence-corrected chi connectivity index (χ3v) is 3.68. The molecular formula is C13H24O2Si. The van der Waals surface area contributed by atoms with E-state index < -0.39 is 0 Å². The fourth-order valence-corrected chi connectivity index (χ4v) is 2.34. The van der Waals surface area contributed by atoms with E-state index in [1.54, 1.807) is 13.0 Å². The average molecular weight is 240 g/mol. The second-order valence-electron chi connectivity index (χ2n) is 4.53. The first-order chi connectivity index (χ1) is 7.74. The quantitative estimate of drug-likeness (QED) is 0.400. The van der Waals surface area contributed by atoms with Crippen molar-refractivity contribution in [3.63, 3.8) is 0 Å². The molecule has 0 aliphatic heterocycles. The van der Waals surface area contributed by atoms with Crippen molar-refractivity contribution >= 4 is 9.76 Å². The van der Waals surface area contributed by atoms with Crippen LogP contribution in [0, 0.1) is 11.8 Å². The van der Waals surface area contributed by atoms with Crippen molar-refractivity contribution in [2.24, 2.45) is 11.8 Å². The van der Waals surface area contributed by atoms with Crippen molar-refractivity contribution in [3.8, 4) is 0 Å². The topological polar surface area (TPSA) is 29.5 Å². The zero-order valence-electron chi connectivity index (χ0n) is 10.4. The summed E-state index contributed by atoms with van der Waals surface area (Å²) in [5, 5.41) is 9.00. The summed E-state index contributed by atoms with van der Waals surface area (Å²) in [6, 6.07) is 0. The zero-order valence-corrected chi connectivity index (χ0v) is 11.8. The van der Waals surface area contributed by atoms with E-state index in [-0.39, 0.29) is 15.9 Å². The second kappa shape index (κ2) is 7.82. The molecule has 1 aliphatic carbocycles. The minimum absolute atomic E-state index is 0.196. The summed E-state index contributed by atoms with van der Waals surface area (Å²) in [5.41, 5.74) is 0. The summed E-state index contributed by atoms with van der Waals surface area (Å²) in [6.45, 7) is 4.93. The summed E-state index contributed by atoms with van der Waals surface area (Å²) < 4.78 is 5.48. The highest BCUT2D eigenvalue weighted by molar-refractivity contribution is 6.24. The largest absolute Gasteiger partial charge is 0.424 e. The molecule has 1 fully saturated rings. The molecule has 3 heteroatoms. The molecule has 16 heavy (non-hydrogen) atoms. The van der Waals surface area contributed by atoms with Crippen molar-refractivity contribution in [2.45, 2.75) is 38.8 Å². The molecule has 1 rings (SSSR count). The molecule has 3 atom stereocenters. The zero-order chi connectivity index (χ0) is 11.8.